The standard InChI is InChI=1S/C18H15Cl2N3O3/c19-11-1-3-13(14(20)9-11)17(24)23-7-5-22(6-8-23)12-2-4-15-16(10-12)26-18(25)21-15/h1-4,9-10H,5-8H2,(H,21,25). The number of carbonyl (C=O) groups excluding carboxylic acids is 1. The van der Waals surface area contributed by atoms with Gasteiger partial charge in [-0.1, -0.05) is 23.2 Å². The van der Waals surface area contributed by atoms with Crippen LogP contribution in [0.2, 0.25) is 10.0 Å². The SMILES string of the molecule is O=C(c1ccc(Cl)cc1Cl)N1CCN(c2ccc3[nH]c(=O)oc3c2)CC1. The Morgan fingerprint density at radius 2 is 1.81 bits per heavy atom. The summed E-state index contributed by atoms with van der Waals surface area (Å²) in [7, 11) is 0. The molecule has 26 heavy (non-hydrogen) atoms. The maximum absolute atomic E-state index is 12.7. The topological polar surface area (TPSA) is 69.6 Å². The lowest BCUT2D eigenvalue weighted by Crippen LogP contribution is -2.48. The number of aromatic nitrogens is 1. The molecule has 0 unspecified atom stereocenters. The van der Waals surface area contributed by atoms with Gasteiger partial charge in [0.25, 0.3) is 5.91 Å². The minimum absolute atomic E-state index is 0.0987. The zero-order chi connectivity index (χ0) is 18.3. The lowest BCUT2D eigenvalue weighted by Gasteiger charge is -2.36. The third kappa shape index (κ3) is 3.18. The van der Waals surface area contributed by atoms with Gasteiger partial charge in [-0.25, -0.2) is 4.79 Å². The van der Waals surface area contributed by atoms with Crippen molar-refractivity contribution >= 4 is 45.9 Å². The molecule has 4 rings (SSSR count). The average Bonchev–Trinajstić information content (AvgIpc) is 3.00. The van der Waals surface area contributed by atoms with Gasteiger partial charge in [-0.15, -0.1) is 0 Å². The molecule has 2 heterocycles. The zero-order valence-corrected chi connectivity index (χ0v) is 15.2. The lowest BCUT2D eigenvalue weighted by atomic mass is 10.1. The molecule has 0 radical (unpaired) electrons. The maximum atomic E-state index is 12.7. The van der Waals surface area contributed by atoms with E-state index in [2.05, 4.69) is 9.88 Å². The summed E-state index contributed by atoms with van der Waals surface area (Å²) in [6.07, 6.45) is 0. The number of oxazole rings is 1. The molecule has 1 saturated heterocycles. The van der Waals surface area contributed by atoms with Crippen molar-refractivity contribution in [2.24, 2.45) is 0 Å². The van der Waals surface area contributed by atoms with Gasteiger partial charge in [-0.2, -0.15) is 0 Å². The molecular weight excluding hydrogens is 377 g/mol. The molecule has 1 fully saturated rings. The molecule has 2 aromatic carbocycles. The van der Waals surface area contributed by atoms with E-state index in [-0.39, 0.29) is 5.91 Å². The number of carbonyl (C=O) groups is 1. The molecule has 1 aromatic heterocycles. The van der Waals surface area contributed by atoms with Crippen molar-refractivity contribution in [1.82, 2.24) is 9.88 Å². The Labute approximate surface area is 158 Å². The lowest BCUT2D eigenvalue weighted by molar-refractivity contribution is 0.0747. The smallest absolute Gasteiger partial charge is 0.408 e. The predicted octanol–water partition coefficient (Wildman–Crippen LogP) is 3.39. The first-order chi connectivity index (χ1) is 12.5. The molecule has 8 heteroatoms. The number of H-pyrrole nitrogens is 1. The van der Waals surface area contributed by atoms with Crippen LogP contribution in [0.25, 0.3) is 11.1 Å². The summed E-state index contributed by atoms with van der Waals surface area (Å²) >= 11 is 12.0. The Morgan fingerprint density at radius 1 is 1.04 bits per heavy atom. The van der Waals surface area contributed by atoms with E-state index in [1.165, 1.54) is 0 Å². The van der Waals surface area contributed by atoms with Crippen LogP contribution in [0.4, 0.5) is 5.69 Å². The number of amides is 1. The number of halogens is 2. The largest absolute Gasteiger partial charge is 0.417 e. The highest BCUT2D eigenvalue weighted by molar-refractivity contribution is 6.36. The quantitative estimate of drug-likeness (QED) is 0.726. The van der Waals surface area contributed by atoms with Gasteiger partial charge in [0.2, 0.25) is 0 Å². The summed E-state index contributed by atoms with van der Waals surface area (Å²) in [6.45, 7) is 2.51. The highest BCUT2D eigenvalue weighted by Gasteiger charge is 2.24. The number of rotatable bonds is 2. The summed E-state index contributed by atoms with van der Waals surface area (Å²) in [5, 5.41) is 0.862. The van der Waals surface area contributed by atoms with Crippen molar-refractivity contribution in [2.45, 2.75) is 0 Å². The van der Waals surface area contributed by atoms with Crippen molar-refractivity contribution in [2.75, 3.05) is 31.1 Å². The fourth-order valence-electron chi connectivity index (χ4n) is 3.13. The Balaban J connectivity index is 1.47. The number of nitrogens with one attached hydrogen (secondary N) is 1. The number of aromatic amines is 1. The molecule has 0 bridgehead atoms. The molecule has 1 aliphatic heterocycles. The van der Waals surface area contributed by atoms with Crippen molar-refractivity contribution in [3.8, 4) is 0 Å². The Hall–Kier alpha value is -2.44. The molecule has 1 amide bonds. The summed E-state index contributed by atoms with van der Waals surface area (Å²) < 4.78 is 5.11. The molecule has 1 aliphatic rings. The van der Waals surface area contributed by atoms with E-state index < -0.39 is 5.76 Å². The summed E-state index contributed by atoms with van der Waals surface area (Å²) in [6, 6.07) is 10.5. The van der Waals surface area contributed by atoms with E-state index in [0.717, 1.165) is 5.69 Å². The Morgan fingerprint density at radius 3 is 2.54 bits per heavy atom. The first-order valence-corrected chi connectivity index (χ1v) is 8.89. The number of nitrogens with zero attached hydrogens (tertiary/aromatic N) is 2. The van der Waals surface area contributed by atoms with Gasteiger partial charge >= 0.3 is 5.76 Å². The second-order valence-electron chi connectivity index (χ2n) is 6.10. The first-order valence-electron chi connectivity index (χ1n) is 8.13. The van der Waals surface area contributed by atoms with Crippen LogP contribution in [0.5, 0.6) is 0 Å². The second-order valence-corrected chi connectivity index (χ2v) is 6.94. The van der Waals surface area contributed by atoms with Crippen molar-refractivity contribution in [1.29, 1.82) is 0 Å². The number of piperazine rings is 1. The molecule has 0 aliphatic carbocycles. The minimum atomic E-state index is -0.465. The Kier molecular flexibility index (Phi) is 4.38. The third-order valence-electron chi connectivity index (χ3n) is 4.50. The van der Waals surface area contributed by atoms with Crippen molar-refractivity contribution < 1.29 is 9.21 Å². The van der Waals surface area contributed by atoms with Crippen LogP contribution < -0.4 is 10.7 Å². The van der Waals surface area contributed by atoms with Gasteiger partial charge in [0.1, 0.15) is 0 Å². The van der Waals surface area contributed by atoms with E-state index in [4.69, 9.17) is 27.6 Å². The van der Waals surface area contributed by atoms with Gasteiger partial charge in [0.15, 0.2) is 5.58 Å². The molecule has 0 saturated carbocycles. The van der Waals surface area contributed by atoms with Crippen LogP contribution in [0.3, 0.4) is 0 Å². The van der Waals surface area contributed by atoms with Crippen LogP contribution in [0.1, 0.15) is 10.4 Å². The molecule has 3 aromatic rings. The second kappa shape index (κ2) is 6.70. The van der Waals surface area contributed by atoms with Gasteiger partial charge < -0.3 is 14.2 Å². The van der Waals surface area contributed by atoms with Crippen LogP contribution in [0.15, 0.2) is 45.6 Å². The van der Waals surface area contributed by atoms with E-state index >= 15 is 0 Å². The van der Waals surface area contributed by atoms with Crippen LogP contribution in [-0.4, -0.2) is 42.0 Å². The number of hydrogen-bond acceptors (Lipinski definition) is 4. The van der Waals surface area contributed by atoms with Gasteiger partial charge in [0.05, 0.1) is 16.1 Å². The predicted molar refractivity (Wildman–Crippen MR) is 101 cm³/mol. The zero-order valence-electron chi connectivity index (χ0n) is 13.7. The molecule has 134 valence electrons. The summed E-state index contributed by atoms with van der Waals surface area (Å²) in [4.78, 5) is 30.5. The number of hydrogen-bond donors (Lipinski definition) is 1. The first kappa shape index (κ1) is 17.0. The van der Waals surface area contributed by atoms with Crippen LogP contribution in [-0.2, 0) is 0 Å². The molecule has 0 atom stereocenters. The van der Waals surface area contributed by atoms with Crippen molar-refractivity contribution in [3.63, 3.8) is 0 Å². The number of fused-ring (bicyclic) bond motifs is 1. The molecule has 0 spiro atoms. The summed E-state index contributed by atoms with van der Waals surface area (Å²) in [5.41, 5.74) is 2.61. The normalized spacial score (nSPS) is 14.8. The van der Waals surface area contributed by atoms with Crippen LogP contribution in [0, 0.1) is 0 Å². The fraction of sp³-hybridized carbons (Fsp3) is 0.222. The number of benzene rings is 2. The van der Waals surface area contributed by atoms with E-state index in [1.807, 2.05) is 18.2 Å². The molecule has 1 N–H and O–H groups in total. The van der Waals surface area contributed by atoms with E-state index in [9.17, 15) is 9.59 Å². The molecular formula is C18H15Cl2N3O3. The molecule has 6 nitrogen and oxygen atoms in total. The summed E-state index contributed by atoms with van der Waals surface area (Å²) in [5.74, 6) is -0.564. The van der Waals surface area contributed by atoms with E-state index in [1.54, 1.807) is 23.1 Å². The third-order valence-corrected chi connectivity index (χ3v) is 5.05. The minimum Gasteiger partial charge on any atom is -0.408 e. The van der Waals surface area contributed by atoms with Crippen molar-refractivity contribution in [3.05, 3.63) is 62.6 Å². The van der Waals surface area contributed by atoms with Crippen LogP contribution >= 0.6 is 23.2 Å². The number of anilines is 1. The van der Waals surface area contributed by atoms with Gasteiger partial charge in [0, 0.05) is 43.0 Å². The fourth-order valence-corrected chi connectivity index (χ4v) is 3.62. The monoisotopic (exact) mass is 391 g/mol. The average molecular weight is 392 g/mol. The van der Waals surface area contributed by atoms with Gasteiger partial charge in [-0.05, 0) is 30.3 Å². The van der Waals surface area contributed by atoms with Gasteiger partial charge in [-0.3, -0.25) is 9.78 Å². The van der Waals surface area contributed by atoms with E-state index in [0.29, 0.717) is 52.9 Å². The maximum Gasteiger partial charge on any atom is 0.417 e. The highest BCUT2D eigenvalue weighted by Crippen LogP contribution is 2.25. The highest BCUT2D eigenvalue weighted by atomic mass is 35.5. The Bertz CT molecular complexity index is 1040.